The lowest BCUT2D eigenvalue weighted by Gasteiger charge is -2.26. The maximum atomic E-state index is 11.7. The fraction of sp³-hybridized carbons (Fsp3) is 0.933. The average Bonchev–Trinajstić information content (AvgIpc) is 3.26. The molecule has 0 aliphatic heterocycles. The van der Waals surface area contributed by atoms with Crippen molar-refractivity contribution < 1.29 is 9.90 Å². The quantitative estimate of drug-likeness (QED) is 0.660. The van der Waals surface area contributed by atoms with Gasteiger partial charge in [0.25, 0.3) is 0 Å². The number of amides is 2. The zero-order valence-corrected chi connectivity index (χ0v) is 12.6. The maximum Gasteiger partial charge on any atom is 0.314 e. The second-order valence-corrected chi connectivity index (χ2v) is 6.18. The Kier molecular flexibility index (Phi) is 6.10. The summed E-state index contributed by atoms with van der Waals surface area (Å²) in [5.41, 5.74) is 0. The second-order valence-electron chi connectivity index (χ2n) is 6.18. The van der Waals surface area contributed by atoms with Crippen LogP contribution in [-0.2, 0) is 0 Å². The van der Waals surface area contributed by atoms with Gasteiger partial charge in [0, 0.05) is 25.7 Å². The molecule has 0 radical (unpaired) electrons. The molecule has 2 saturated carbocycles. The van der Waals surface area contributed by atoms with Crippen LogP contribution in [0.5, 0.6) is 0 Å². The summed E-state index contributed by atoms with van der Waals surface area (Å²) >= 11 is 0. The highest BCUT2D eigenvalue weighted by Gasteiger charge is 2.27. The van der Waals surface area contributed by atoms with Crippen LogP contribution in [0.15, 0.2) is 0 Å². The number of aliphatic hydroxyl groups excluding tert-OH is 1. The molecule has 2 rings (SSSR count). The molecule has 0 aromatic carbocycles. The van der Waals surface area contributed by atoms with Gasteiger partial charge in [-0.05, 0) is 44.6 Å². The molecule has 20 heavy (non-hydrogen) atoms. The molecule has 116 valence electrons. The number of urea groups is 1. The zero-order valence-electron chi connectivity index (χ0n) is 12.6. The number of aliphatic hydroxyl groups is 1. The van der Waals surface area contributed by atoms with E-state index in [9.17, 15) is 9.90 Å². The molecule has 2 aliphatic carbocycles. The maximum absolute atomic E-state index is 11.7. The van der Waals surface area contributed by atoms with Gasteiger partial charge in [0.2, 0.25) is 0 Å². The lowest BCUT2D eigenvalue weighted by molar-refractivity contribution is 0.101. The van der Waals surface area contributed by atoms with Crippen LogP contribution in [0.4, 0.5) is 4.79 Å². The van der Waals surface area contributed by atoms with Gasteiger partial charge < -0.3 is 15.7 Å². The summed E-state index contributed by atoms with van der Waals surface area (Å²) in [6, 6.07) is 0.686. The highest BCUT2D eigenvalue weighted by molar-refractivity contribution is 5.73. The number of hydrogen-bond donors (Lipinski definition) is 3. The van der Waals surface area contributed by atoms with Crippen molar-refractivity contribution in [3.63, 3.8) is 0 Å². The summed E-state index contributed by atoms with van der Waals surface area (Å²) in [7, 11) is 0. The first kappa shape index (κ1) is 15.6. The van der Waals surface area contributed by atoms with Crippen molar-refractivity contribution in [1.82, 2.24) is 15.5 Å². The second kappa shape index (κ2) is 7.84. The molecule has 0 saturated heterocycles. The van der Waals surface area contributed by atoms with E-state index in [4.69, 9.17) is 0 Å². The molecule has 0 spiro atoms. The van der Waals surface area contributed by atoms with E-state index >= 15 is 0 Å². The third kappa shape index (κ3) is 5.29. The van der Waals surface area contributed by atoms with Crippen molar-refractivity contribution in [2.45, 2.75) is 57.6 Å². The minimum absolute atomic E-state index is 0.0723. The van der Waals surface area contributed by atoms with Crippen LogP contribution in [0.25, 0.3) is 0 Å². The molecule has 2 amide bonds. The minimum atomic E-state index is -0.171. The van der Waals surface area contributed by atoms with E-state index in [2.05, 4.69) is 22.5 Å². The van der Waals surface area contributed by atoms with Crippen molar-refractivity contribution in [2.24, 2.45) is 5.92 Å². The van der Waals surface area contributed by atoms with Crippen LogP contribution in [0.1, 0.15) is 45.4 Å². The number of nitrogens with one attached hydrogen (secondary N) is 2. The molecule has 2 atom stereocenters. The van der Waals surface area contributed by atoms with Gasteiger partial charge in [0.15, 0.2) is 0 Å². The average molecular weight is 283 g/mol. The van der Waals surface area contributed by atoms with Crippen LogP contribution < -0.4 is 10.6 Å². The molecule has 5 nitrogen and oxygen atoms in total. The fourth-order valence-electron chi connectivity index (χ4n) is 3.10. The molecular formula is C15H29N3O2. The smallest absolute Gasteiger partial charge is 0.314 e. The third-order valence-corrected chi connectivity index (χ3v) is 4.46. The Hall–Kier alpha value is -0.810. The van der Waals surface area contributed by atoms with E-state index in [1.807, 2.05) is 0 Å². The van der Waals surface area contributed by atoms with Crippen molar-refractivity contribution in [3.05, 3.63) is 0 Å². The number of carbonyl (C=O) groups excluding carboxylic acids is 1. The molecular weight excluding hydrogens is 254 g/mol. The highest BCUT2D eigenvalue weighted by Crippen LogP contribution is 2.25. The summed E-state index contributed by atoms with van der Waals surface area (Å²) in [5, 5.41) is 15.5. The van der Waals surface area contributed by atoms with Crippen molar-refractivity contribution >= 4 is 6.03 Å². The minimum Gasteiger partial charge on any atom is -0.393 e. The molecule has 2 aliphatic rings. The van der Waals surface area contributed by atoms with E-state index < -0.39 is 0 Å². The van der Waals surface area contributed by atoms with Crippen LogP contribution in [0.2, 0.25) is 0 Å². The first-order chi connectivity index (χ1) is 9.69. The number of likely N-dealkylation sites (N-methyl/N-ethyl adjacent to an activating group) is 1. The number of carbonyl (C=O) groups is 1. The SMILES string of the molecule is CCN(CCNC(=O)NCC1CCCC(O)C1)C1CC1. The van der Waals surface area contributed by atoms with Crippen molar-refractivity contribution in [1.29, 1.82) is 0 Å². The predicted octanol–water partition coefficient (Wildman–Crippen LogP) is 1.32. The van der Waals surface area contributed by atoms with Gasteiger partial charge >= 0.3 is 6.03 Å². The Morgan fingerprint density at radius 1 is 1.25 bits per heavy atom. The number of rotatable bonds is 7. The molecule has 0 aromatic heterocycles. The van der Waals surface area contributed by atoms with Gasteiger partial charge in [0.1, 0.15) is 0 Å². The Morgan fingerprint density at radius 3 is 2.70 bits per heavy atom. The topological polar surface area (TPSA) is 64.6 Å². The lowest BCUT2D eigenvalue weighted by Crippen LogP contribution is -2.43. The zero-order chi connectivity index (χ0) is 14.4. The van der Waals surface area contributed by atoms with E-state index in [-0.39, 0.29) is 12.1 Å². The first-order valence-corrected chi connectivity index (χ1v) is 8.12. The number of hydrogen-bond acceptors (Lipinski definition) is 3. The Morgan fingerprint density at radius 2 is 2.05 bits per heavy atom. The normalized spacial score (nSPS) is 26.6. The predicted molar refractivity (Wildman–Crippen MR) is 79.6 cm³/mol. The van der Waals surface area contributed by atoms with Gasteiger partial charge in [0.05, 0.1) is 6.10 Å². The van der Waals surface area contributed by atoms with E-state index in [1.54, 1.807) is 0 Å². The molecule has 2 unspecified atom stereocenters. The van der Waals surface area contributed by atoms with Crippen molar-refractivity contribution in [2.75, 3.05) is 26.2 Å². The Bertz CT molecular complexity index is 307. The van der Waals surface area contributed by atoms with Crippen LogP contribution in [0.3, 0.4) is 0 Å². The van der Waals surface area contributed by atoms with E-state index in [0.717, 1.165) is 44.8 Å². The van der Waals surface area contributed by atoms with Gasteiger partial charge in [-0.15, -0.1) is 0 Å². The summed E-state index contributed by atoms with van der Waals surface area (Å²) in [4.78, 5) is 14.1. The molecule has 0 heterocycles. The van der Waals surface area contributed by atoms with Gasteiger partial charge in [-0.1, -0.05) is 13.3 Å². The molecule has 3 N–H and O–H groups in total. The monoisotopic (exact) mass is 283 g/mol. The molecule has 5 heteroatoms. The lowest BCUT2D eigenvalue weighted by atomic mass is 9.87. The summed E-state index contributed by atoms with van der Waals surface area (Å²) < 4.78 is 0. The summed E-state index contributed by atoms with van der Waals surface area (Å²) in [6.07, 6.45) is 6.37. The molecule has 0 bridgehead atoms. The fourth-order valence-corrected chi connectivity index (χ4v) is 3.10. The standard InChI is InChI=1S/C15H29N3O2/c1-2-18(13-6-7-13)9-8-16-15(20)17-11-12-4-3-5-14(19)10-12/h12-14,19H,2-11H2,1H3,(H2,16,17,20). The summed E-state index contributed by atoms with van der Waals surface area (Å²) in [6.45, 7) is 5.57. The molecule has 0 aromatic rings. The van der Waals surface area contributed by atoms with Gasteiger partial charge in [-0.2, -0.15) is 0 Å². The third-order valence-electron chi connectivity index (χ3n) is 4.46. The summed E-state index contributed by atoms with van der Waals surface area (Å²) in [5.74, 6) is 0.433. The number of nitrogens with zero attached hydrogens (tertiary/aromatic N) is 1. The van der Waals surface area contributed by atoms with Crippen LogP contribution in [0, 0.1) is 5.92 Å². The largest absolute Gasteiger partial charge is 0.393 e. The Labute approximate surface area is 122 Å². The molecule has 2 fully saturated rings. The van der Waals surface area contributed by atoms with Gasteiger partial charge in [-0.25, -0.2) is 4.79 Å². The Balaban J connectivity index is 1.53. The van der Waals surface area contributed by atoms with E-state index in [1.165, 1.54) is 12.8 Å². The van der Waals surface area contributed by atoms with E-state index in [0.29, 0.717) is 19.0 Å². The van der Waals surface area contributed by atoms with Crippen LogP contribution in [-0.4, -0.2) is 54.4 Å². The highest BCUT2D eigenvalue weighted by atomic mass is 16.3. The van der Waals surface area contributed by atoms with Crippen molar-refractivity contribution in [3.8, 4) is 0 Å². The van der Waals surface area contributed by atoms with Gasteiger partial charge in [-0.3, -0.25) is 4.90 Å². The van der Waals surface area contributed by atoms with Crippen LogP contribution >= 0.6 is 0 Å². The first-order valence-electron chi connectivity index (χ1n) is 8.12.